The van der Waals surface area contributed by atoms with Crippen LogP contribution in [0, 0.1) is 5.82 Å². The van der Waals surface area contributed by atoms with Gasteiger partial charge in [-0.1, -0.05) is 31.9 Å². The van der Waals surface area contributed by atoms with Gasteiger partial charge in [-0.3, -0.25) is 0 Å². The Balaban J connectivity index is 2.53. The van der Waals surface area contributed by atoms with Crippen LogP contribution in [0.5, 0.6) is 0 Å². The Morgan fingerprint density at radius 1 is 1.47 bits per heavy atom. The second-order valence-electron chi connectivity index (χ2n) is 3.50. The molecule has 1 N–H and O–H groups in total. The van der Waals surface area contributed by atoms with Gasteiger partial charge in [0.05, 0.1) is 0 Å². The van der Waals surface area contributed by atoms with Crippen LogP contribution in [0.15, 0.2) is 22.7 Å². The van der Waals surface area contributed by atoms with Crippen LogP contribution in [0.25, 0.3) is 0 Å². The Morgan fingerprint density at radius 2 is 2.20 bits per heavy atom. The van der Waals surface area contributed by atoms with Gasteiger partial charge in [0, 0.05) is 28.0 Å². The number of nitrogens with one attached hydrogen (secondary N) is 1. The minimum absolute atomic E-state index is 0.156. The second-order valence-corrected chi connectivity index (χ2v) is 5.20. The highest BCUT2D eigenvalue weighted by molar-refractivity contribution is 9.10. The summed E-state index contributed by atoms with van der Waals surface area (Å²) in [7, 11) is 0. The van der Waals surface area contributed by atoms with Crippen molar-refractivity contribution in [3.8, 4) is 0 Å². The summed E-state index contributed by atoms with van der Waals surface area (Å²) in [5, 5.41) is 4.24. The number of hydrogen-bond acceptors (Lipinski definition) is 1. The standard InChI is InChI=1S/C11H14Br2FN/c1-8(4-5-12)15-7-9-6-10(13)2-3-11(9)14/h2-3,6,8,15H,4-5,7H2,1H3. The van der Waals surface area contributed by atoms with Gasteiger partial charge in [0.15, 0.2) is 0 Å². The van der Waals surface area contributed by atoms with Gasteiger partial charge in [0.2, 0.25) is 0 Å². The monoisotopic (exact) mass is 337 g/mol. The van der Waals surface area contributed by atoms with Crippen molar-refractivity contribution < 1.29 is 4.39 Å². The van der Waals surface area contributed by atoms with Crippen molar-refractivity contribution in [2.45, 2.75) is 25.9 Å². The van der Waals surface area contributed by atoms with E-state index < -0.39 is 0 Å². The third-order valence-corrected chi connectivity index (χ3v) is 3.14. The van der Waals surface area contributed by atoms with Crippen LogP contribution in [0.4, 0.5) is 4.39 Å². The number of alkyl halides is 1. The zero-order chi connectivity index (χ0) is 11.3. The molecule has 84 valence electrons. The van der Waals surface area contributed by atoms with E-state index in [0.29, 0.717) is 18.2 Å². The Morgan fingerprint density at radius 3 is 2.87 bits per heavy atom. The molecule has 1 aromatic rings. The van der Waals surface area contributed by atoms with Crippen LogP contribution >= 0.6 is 31.9 Å². The van der Waals surface area contributed by atoms with Crippen LogP contribution in [0.3, 0.4) is 0 Å². The van der Waals surface area contributed by atoms with Gasteiger partial charge in [-0.25, -0.2) is 4.39 Å². The number of benzene rings is 1. The Kier molecular flexibility index (Phi) is 5.79. The summed E-state index contributed by atoms with van der Waals surface area (Å²) in [5.74, 6) is -0.156. The maximum atomic E-state index is 13.3. The first kappa shape index (κ1) is 13.1. The molecule has 0 amide bonds. The molecule has 0 saturated carbocycles. The van der Waals surface area contributed by atoms with Gasteiger partial charge in [0.1, 0.15) is 5.82 Å². The SMILES string of the molecule is CC(CCBr)NCc1cc(Br)ccc1F. The van der Waals surface area contributed by atoms with Crippen LogP contribution < -0.4 is 5.32 Å². The first-order valence-electron chi connectivity index (χ1n) is 4.86. The van der Waals surface area contributed by atoms with E-state index in [1.807, 2.05) is 6.07 Å². The fourth-order valence-corrected chi connectivity index (χ4v) is 2.32. The van der Waals surface area contributed by atoms with Crippen molar-refractivity contribution in [3.63, 3.8) is 0 Å². The van der Waals surface area contributed by atoms with Crippen molar-refractivity contribution in [1.29, 1.82) is 0 Å². The lowest BCUT2D eigenvalue weighted by molar-refractivity contribution is 0.520. The average molecular weight is 339 g/mol. The molecule has 0 bridgehead atoms. The largest absolute Gasteiger partial charge is 0.310 e. The minimum Gasteiger partial charge on any atom is -0.310 e. The molecular formula is C11H14Br2FN. The van der Waals surface area contributed by atoms with Crippen LogP contribution in [-0.2, 0) is 6.54 Å². The third kappa shape index (κ3) is 4.62. The first-order valence-corrected chi connectivity index (χ1v) is 6.78. The molecule has 0 spiro atoms. The van der Waals surface area contributed by atoms with Crippen LogP contribution in [-0.4, -0.2) is 11.4 Å². The lowest BCUT2D eigenvalue weighted by Gasteiger charge is -2.12. The summed E-state index contributed by atoms with van der Waals surface area (Å²) < 4.78 is 14.2. The molecule has 1 unspecified atom stereocenters. The Bertz CT molecular complexity index is 317. The lowest BCUT2D eigenvalue weighted by Crippen LogP contribution is -2.26. The van der Waals surface area contributed by atoms with Gasteiger partial charge in [-0.2, -0.15) is 0 Å². The van der Waals surface area contributed by atoms with E-state index in [1.165, 1.54) is 6.07 Å². The molecule has 0 radical (unpaired) electrons. The molecular weight excluding hydrogens is 325 g/mol. The molecule has 0 saturated heterocycles. The van der Waals surface area contributed by atoms with E-state index in [1.54, 1.807) is 6.07 Å². The molecule has 0 aliphatic carbocycles. The fourth-order valence-electron chi connectivity index (χ4n) is 1.23. The maximum Gasteiger partial charge on any atom is 0.127 e. The van der Waals surface area contributed by atoms with E-state index in [-0.39, 0.29) is 5.82 Å². The topological polar surface area (TPSA) is 12.0 Å². The molecule has 1 rings (SSSR count). The molecule has 4 heteroatoms. The number of hydrogen-bond donors (Lipinski definition) is 1. The number of halogens is 3. The summed E-state index contributed by atoms with van der Waals surface area (Å²) in [6.07, 6.45) is 1.04. The molecule has 0 aliphatic rings. The van der Waals surface area contributed by atoms with Crippen molar-refractivity contribution in [1.82, 2.24) is 5.32 Å². The lowest BCUT2D eigenvalue weighted by atomic mass is 10.2. The molecule has 0 aliphatic heterocycles. The highest BCUT2D eigenvalue weighted by Crippen LogP contribution is 2.15. The van der Waals surface area contributed by atoms with Gasteiger partial charge in [-0.05, 0) is 31.5 Å². The smallest absolute Gasteiger partial charge is 0.127 e. The van der Waals surface area contributed by atoms with E-state index in [0.717, 1.165) is 16.2 Å². The average Bonchev–Trinajstić information content (AvgIpc) is 2.20. The van der Waals surface area contributed by atoms with Crippen molar-refractivity contribution in [3.05, 3.63) is 34.1 Å². The molecule has 1 atom stereocenters. The maximum absolute atomic E-state index is 13.3. The fraction of sp³-hybridized carbons (Fsp3) is 0.455. The van der Waals surface area contributed by atoms with E-state index in [9.17, 15) is 4.39 Å². The second kappa shape index (κ2) is 6.61. The summed E-state index contributed by atoms with van der Waals surface area (Å²) in [5.41, 5.74) is 0.700. The number of rotatable bonds is 5. The summed E-state index contributed by atoms with van der Waals surface area (Å²) in [6, 6.07) is 5.39. The third-order valence-electron chi connectivity index (χ3n) is 2.19. The van der Waals surface area contributed by atoms with Gasteiger partial charge in [-0.15, -0.1) is 0 Å². The zero-order valence-corrected chi connectivity index (χ0v) is 11.7. The Labute approximate surface area is 107 Å². The van der Waals surface area contributed by atoms with Crippen molar-refractivity contribution >= 4 is 31.9 Å². The quantitative estimate of drug-likeness (QED) is 0.804. The van der Waals surface area contributed by atoms with Gasteiger partial charge in [0.25, 0.3) is 0 Å². The minimum atomic E-state index is -0.156. The highest BCUT2D eigenvalue weighted by atomic mass is 79.9. The Hall–Kier alpha value is 0.0700. The molecule has 0 aromatic heterocycles. The summed E-state index contributed by atoms with van der Waals surface area (Å²) in [6.45, 7) is 2.66. The summed E-state index contributed by atoms with van der Waals surface area (Å²) in [4.78, 5) is 0. The predicted molar refractivity (Wildman–Crippen MR) is 68.8 cm³/mol. The molecule has 1 aromatic carbocycles. The molecule has 0 heterocycles. The molecule has 15 heavy (non-hydrogen) atoms. The highest BCUT2D eigenvalue weighted by Gasteiger charge is 2.05. The van der Waals surface area contributed by atoms with Crippen LogP contribution in [0.1, 0.15) is 18.9 Å². The normalized spacial score (nSPS) is 12.8. The van der Waals surface area contributed by atoms with Gasteiger partial charge >= 0.3 is 0 Å². The summed E-state index contributed by atoms with van der Waals surface area (Å²) >= 11 is 6.71. The first-order chi connectivity index (χ1) is 7.13. The molecule has 1 nitrogen and oxygen atoms in total. The van der Waals surface area contributed by atoms with Crippen molar-refractivity contribution in [2.24, 2.45) is 0 Å². The van der Waals surface area contributed by atoms with E-state index >= 15 is 0 Å². The zero-order valence-electron chi connectivity index (χ0n) is 8.56. The van der Waals surface area contributed by atoms with Crippen LogP contribution in [0.2, 0.25) is 0 Å². The van der Waals surface area contributed by atoms with Crippen molar-refractivity contribution in [2.75, 3.05) is 5.33 Å². The van der Waals surface area contributed by atoms with Gasteiger partial charge < -0.3 is 5.32 Å². The van der Waals surface area contributed by atoms with E-state index in [4.69, 9.17) is 0 Å². The van der Waals surface area contributed by atoms with E-state index in [2.05, 4.69) is 44.1 Å². The predicted octanol–water partition coefficient (Wildman–Crippen LogP) is 3.85. The molecule has 0 fully saturated rings.